The van der Waals surface area contributed by atoms with Gasteiger partial charge in [-0.15, -0.1) is 0 Å². The first-order valence-electron chi connectivity index (χ1n) is 5.73. The zero-order valence-corrected chi connectivity index (χ0v) is 9.74. The summed E-state index contributed by atoms with van der Waals surface area (Å²) in [5, 5.41) is 23.9. The Hall–Kier alpha value is -2.47. The smallest absolute Gasteiger partial charge is 0.296 e. The highest BCUT2D eigenvalue weighted by Crippen LogP contribution is 2.31. The normalized spacial score (nSPS) is 28.2. The molecule has 0 radical (unpaired) electrons. The Morgan fingerprint density at radius 2 is 2.11 bits per heavy atom. The number of allylic oxidation sites excluding steroid dienone is 2. The Balaban J connectivity index is 2.13. The molecule has 2 atom stereocenters. The van der Waals surface area contributed by atoms with E-state index in [4.69, 9.17) is 0 Å². The predicted molar refractivity (Wildman–Crippen MR) is 66.4 cm³/mol. The molecule has 0 fully saturated rings. The number of aliphatic hydroxyl groups is 1. The molecule has 1 aliphatic heterocycles. The van der Waals surface area contributed by atoms with Gasteiger partial charge in [0, 0.05) is 5.57 Å². The van der Waals surface area contributed by atoms with E-state index in [1.54, 1.807) is 6.08 Å². The maximum Gasteiger partial charge on any atom is 0.296 e. The number of nitrogens with zero attached hydrogens (tertiary/aromatic N) is 1. The van der Waals surface area contributed by atoms with E-state index >= 15 is 0 Å². The van der Waals surface area contributed by atoms with Crippen LogP contribution < -0.4 is 5.32 Å². The van der Waals surface area contributed by atoms with Crippen LogP contribution in [-0.2, 0) is 4.79 Å². The summed E-state index contributed by atoms with van der Waals surface area (Å²) in [4.78, 5) is 22.0. The Labute approximate surface area is 108 Å². The Morgan fingerprint density at radius 3 is 2.84 bits per heavy atom. The Morgan fingerprint density at radius 1 is 1.32 bits per heavy atom. The van der Waals surface area contributed by atoms with E-state index in [2.05, 4.69) is 5.32 Å². The quantitative estimate of drug-likeness (QED) is 0.523. The lowest BCUT2D eigenvalue weighted by molar-refractivity contribution is -0.421. The van der Waals surface area contributed by atoms with Gasteiger partial charge in [0.25, 0.3) is 5.70 Å². The standard InChI is InChI=1S/C13H10N2O4/c16-11-6-10(15(18)19)12-8(13(11)17)5-7-3-1-2-4-9(7)14-12/h1-6,9,13-14,17H. The predicted octanol–water partition coefficient (Wildman–Crippen LogP) is 0.369. The molecule has 3 aliphatic rings. The van der Waals surface area contributed by atoms with Crippen LogP contribution in [0, 0.1) is 10.1 Å². The van der Waals surface area contributed by atoms with Crippen molar-refractivity contribution in [3.8, 4) is 0 Å². The molecule has 0 saturated carbocycles. The first kappa shape index (κ1) is 11.6. The molecule has 0 saturated heterocycles. The highest BCUT2D eigenvalue weighted by atomic mass is 16.6. The average molecular weight is 258 g/mol. The molecule has 0 aromatic heterocycles. The van der Waals surface area contributed by atoms with Crippen LogP contribution in [0.3, 0.4) is 0 Å². The third-order valence-electron chi connectivity index (χ3n) is 3.27. The second kappa shape index (κ2) is 4.03. The highest BCUT2D eigenvalue weighted by Gasteiger charge is 2.37. The third-order valence-corrected chi connectivity index (χ3v) is 3.27. The lowest BCUT2D eigenvalue weighted by Crippen LogP contribution is -2.40. The summed E-state index contributed by atoms with van der Waals surface area (Å²) in [6.07, 6.45) is 8.52. The number of carbonyl (C=O) groups is 1. The number of aliphatic hydroxyl groups excluding tert-OH is 1. The van der Waals surface area contributed by atoms with E-state index in [1.807, 2.05) is 24.3 Å². The van der Waals surface area contributed by atoms with Crippen molar-refractivity contribution in [1.82, 2.24) is 5.32 Å². The maximum atomic E-state index is 11.6. The summed E-state index contributed by atoms with van der Waals surface area (Å²) in [5.74, 6) is -0.669. The first-order chi connectivity index (χ1) is 9.08. The molecule has 0 bridgehead atoms. The van der Waals surface area contributed by atoms with Crippen molar-refractivity contribution in [3.05, 3.63) is 69.1 Å². The molecular formula is C13H10N2O4. The van der Waals surface area contributed by atoms with Crippen LogP contribution in [0.1, 0.15) is 0 Å². The number of nitrogens with one attached hydrogen (secondary N) is 1. The molecule has 0 aromatic rings. The minimum Gasteiger partial charge on any atom is -0.380 e. The van der Waals surface area contributed by atoms with Crippen molar-refractivity contribution >= 4 is 5.78 Å². The second-order valence-electron chi connectivity index (χ2n) is 4.43. The van der Waals surface area contributed by atoms with Crippen molar-refractivity contribution in [2.75, 3.05) is 0 Å². The van der Waals surface area contributed by atoms with Crippen LogP contribution >= 0.6 is 0 Å². The van der Waals surface area contributed by atoms with Crippen LogP contribution in [0.25, 0.3) is 0 Å². The number of hydrogen-bond acceptors (Lipinski definition) is 5. The number of ketones is 1. The first-order valence-corrected chi connectivity index (χ1v) is 5.73. The number of hydrogen-bond donors (Lipinski definition) is 2. The van der Waals surface area contributed by atoms with Gasteiger partial charge >= 0.3 is 0 Å². The number of rotatable bonds is 1. The zero-order valence-electron chi connectivity index (χ0n) is 9.74. The van der Waals surface area contributed by atoms with Gasteiger partial charge in [0.1, 0.15) is 11.8 Å². The monoisotopic (exact) mass is 258 g/mol. The van der Waals surface area contributed by atoms with Gasteiger partial charge in [0.05, 0.1) is 17.0 Å². The maximum absolute atomic E-state index is 11.6. The molecule has 0 amide bonds. The third kappa shape index (κ3) is 1.73. The van der Waals surface area contributed by atoms with Gasteiger partial charge in [0.15, 0.2) is 5.78 Å². The number of nitro groups is 1. The lowest BCUT2D eigenvalue weighted by atomic mass is 9.87. The summed E-state index contributed by atoms with van der Waals surface area (Å²) < 4.78 is 0. The van der Waals surface area contributed by atoms with Gasteiger partial charge in [-0.2, -0.15) is 0 Å². The molecular weight excluding hydrogens is 248 g/mol. The van der Waals surface area contributed by atoms with Crippen LogP contribution in [-0.4, -0.2) is 28.0 Å². The second-order valence-corrected chi connectivity index (χ2v) is 4.43. The minimum atomic E-state index is -1.35. The van der Waals surface area contributed by atoms with Crippen molar-refractivity contribution < 1.29 is 14.8 Å². The number of carbonyl (C=O) groups excluding carboxylic acids is 1. The van der Waals surface area contributed by atoms with Crippen LogP contribution in [0.5, 0.6) is 0 Å². The number of dihydropyridines is 1. The van der Waals surface area contributed by atoms with E-state index in [-0.39, 0.29) is 23.0 Å². The SMILES string of the molecule is O=C1C=C([N+](=O)[O-])C2=C(C=C3C=CC=CC3N2)C1O. The van der Waals surface area contributed by atoms with Crippen LogP contribution in [0.4, 0.5) is 0 Å². The summed E-state index contributed by atoms with van der Waals surface area (Å²) >= 11 is 0. The minimum absolute atomic E-state index is 0.174. The topological polar surface area (TPSA) is 92.5 Å². The van der Waals surface area contributed by atoms with Crippen molar-refractivity contribution in [1.29, 1.82) is 0 Å². The molecule has 2 aliphatic carbocycles. The van der Waals surface area contributed by atoms with Gasteiger partial charge in [-0.05, 0) is 11.6 Å². The molecule has 6 nitrogen and oxygen atoms in total. The Kier molecular flexibility index (Phi) is 2.46. The zero-order chi connectivity index (χ0) is 13.6. The summed E-state index contributed by atoms with van der Waals surface area (Å²) in [7, 11) is 0. The van der Waals surface area contributed by atoms with Gasteiger partial charge in [-0.25, -0.2) is 0 Å². The van der Waals surface area contributed by atoms with E-state index in [1.165, 1.54) is 0 Å². The van der Waals surface area contributed by atoms with E-state index in [9.17, 15) is 20.0 Å². The van der Waals surface area contributed by atoms with E-state index in [0.29, 0.717) is 0 Å². The molecule has 2 unspecified atom stereocenters. The van der Waals surface area contributed by atoms with E-state index < -0.39 is 16.8 Å². The average Bonchev–Trinajstić information content (AvgIpc) is 2.41. The summed E-state index contributed by atoms with van der Waals surface area (Å²) in [6, 6.07) is -0.174. The van der Waals surface area contributed by atoms with Crippen LogP contribution in [0.2, 0.25) is 0 Å². The van der Waals surface area contributed by atoms with Gasteiger partial charge in [-0.3, -0.25) is 14.9 Å². The highest BCUT2D eigenvalue weighted by molar-refractivity contribution is 5.99. The fraction of sp³-hybridized carbons (Fsp3) is 0.154. The molecule has 96 valence electrons. The number of fused-ring (bicyclic) bond motifs is 1. The summed E-state index contributed by atoms with van der Waals surface area (Å²) in [5.41, 5.74) is 1.03. The van der Waals surface area contributed by atoms with E-state index in [0.717, 1.165) is 11.6 Å². The van der Waals surface area contributed by atoms with Crippen molar-refractivity contribution in [2.45, 2.75) is 12.1 Å². The van der Waals surface area contributed by atoms with Gasteiger partial charge in [-0.1, -0.05) is 24.3 Å². The van der Waals surface area contributed by atoms with Crippen LogP contribution in [0.15, 0.2) is 59.0 Å². The molecule has 0 aromatic carbocycles. The molecule has 19 heavy (non-hydrogen) atoms. The summed E-state index contributed by atoms with van der Waals surface area (Å²) in [6.45, 7) is 0. The van der Waals surface area contributed by atoms with Gasteiger partial charge in [0.2, 0.25) is 0 Å². The van der Waals surface area contributed by atoms with Crippen molar-refractivity contribution in [3.63, 3.8) is 0 Å². The fourth-order valence-electron chi connectivity index (χ4n) is 2.34. The molecule has 2 N–H and O–H groups in total. The Bertz CT molecular complexity index is 637. The fourth-order valence-corrected chi connectivity index (χ4v) is 2.34. The molecule has 3 rings (SSSR count). The lowest BCUT2D eigenvalue weighted by Gasteiger charge is -2.30. The molecule has 1 heterocycles. The van der Waals surface area contributed by atoms with Gasteiger partial charge < -0.3 is 10.4 Å². The molecule has 0 spiro atoms. The molecule has 6 heteroatoms. The van der Waals surface area contributed by atoms with Crippen molar-refractivity contribution in [2.24, 2.45) is 0 Å². The largest absolute Gasteiger partial charge is 0.380 e.